The Morgan fingerprint density at radius 3 is 2.79 bits per heavy atom. The second-order valence-corrected chi connectivity index (χ2v) is 4.55. The summed E-state index contributed by atoms with van der Waals surface area (Å²) in [6, 6.07) is 0.582. The van der Waals surface area contributed by atoms with E-state index in [0.29, 0.717) is 10.8 Å². The third-order valence-corrected chi connectivity index (χ3v) is 3.11. The topological polar surface area (TPSA) is 34.0 Å². The fourth-order valence-corrected chi connectivity index (χ4v) is 2.39. The smallest absolute Gasteiger partial charge is 0.224 e. The van der Waals surface area contributed by atoms with E-state index in [1.807, 2.05) is 11.7 Å². The molecule has 0 aromatic carbocycles. The molecule has 0 N–H and O–H groups in total. The van der Waals surface area contributed by atoms with E-state index in [9.17, 15) is 0 Å². The molecule has 4 nitrogen and oxygen atoms in total. The summed E-state index contributed by atoms with van der Waals surface area (Å²) in [5, 5.41) is 4.20. The van der Waals surface area contributed by atoms with E-state index in [0.717, 1.165) is 12.5 Å². The summed E-state index contributed by atoms with van der Waals surface area (Å²) >= 11 is 3.30. The van der Waals surface area contributed by atoms with E-state index in [1.54, 1.807) is 0 Å². The van der Waals surface area contributed by atoms with Crippen molar-refractivity contribution in [3.05, 3.63) is 4.73 Å². The number of piperidine rings is 1. The molecule has 0 unspecified atom stereocenters. The van der Waals surface area contributed by atoms with E-state index < -0.39 is 0 Å². The number of halogens is 1. The van der Waals surface area contributed by atoms with Gasteiger partial charge in [-0.3, -0.25) is 0 Å². The third kappa shape index (κ3) is 1.78. The molecule has 0 bridgehead atoms. The Morgan fingerprint density at radius 2 is 2.21 bits per heavy atom. The van der Waals surface area contributed by atoms with Crippen LogP contribution in [0.2, 0.25) is 0 Å². The van der Waals surface area contributed by atoms with Gasteiger partial charge in [0, 0.05) is 19.6 Å². The number of aromatic nitrogens is 3. The third-order valence-electron chi connectivity index (χ3n) is 2.77. The number of rotatable bonds is 1. The summed E-state index contributed by atoms with van der Waals surface area (Å²) in [5.41, 5.74) is 0. The summed E-state index contributed by atoms with van der Waals surface area (Å²) < 4.78 is 2.51. The zero-order valence-electron chi connectivity index (χ0n) is 8.57. The molecule has 0 amide bonds. The SMILES string of the molecule is C[C@H]1CCCCN1c1nc(Br)nn1C. The van der Waals surface area contributed by atoms with Crippen molar-refractivity contribution >= 4 is 21.9 Å². The quantitative estimate of drug-likeness (QED) is 0.773. The van der Waals surface area contributed by atoms with Crippen LogP contribution < -0.4 is 4.90 Å². The maximum absolute atomic E-state index is 4.38. The lowest BCUT2D eigenvalue weighted by Crippen LogP contribution is -2.39. The van der Waals surface area contributed by atoms with Crippen molar-refractivity contribution in [3.63, 3.8) is 0 Å². The monoisotopic (exact) mass is 258 g/mol. The first kappa shape index (κ1) is 9.96. The molecule has 5 heteroatoms. The molecule has 1 aliphatic rings. The second kappa shape index (κ2) is 3.88. The first-order valence-electron chi connectivity index (χ1n) is 5.01. The summed E-state index contributed by atoms with van der Waals surface area (Å²) in [6.45, 7) is 3.35. The molecular weight excluding hydrogens is 244 g/mol. The van der Waals surface area contributed by atoms with Gasteiger partial charge in [-0.15, -0.1) is 5.10 Å². The Morgan fingerprint density at radius 1 is 1.43 bits per heavy atom. The largest absolute Gasteiger partial charge is 0.338 e. The van der Waals surface area contributed by atoms with Crippen LogP contribution >= 0.6 is 15.9 Å². The summed E-state index contributed by atoms with van der Waals surface area (Å²) in [5.74, 6) is 0.976. The van der Waals surface area contributed by atoms with E-state index in [1.165, 1.54) is 19.3 Å². The molecule has 1 fully saturated rings. The van der Waals surface area contributed by atoms with Gasteiger partial charge in [-0.05, 0) is 42.1 Å². The lowest BCUT2D eigenvalue weighted by molar-refractivity contribution is 0.470. The molecule has 0 saturated carbocycles. The number of hydrogen-bond acceptors (Lipinski definition) is 3. The van der Waals surface area contributed by atoms with Crippen molar-refractivity contribution in [1.82, 2.24) is 14.8 Å². The van der Waals surface area contributed by atoms with Crippen LogP contribution in [0, 0.1) is 0 Å². The molecule has 2 rings (SSSR count). The molecule has 14 heavy (non-hydrogen) atoms. The van der Waals surface area contributed by atoms with Gasteiger partial charge < -0.3 is 4.90 Å². The highest BCUT2D eigenvalue weighted by atomic mass is 79.9. The number of hydrogen-bond donors (Lipinski definition) is 0. The van der Waals surface area contributed by atoms with E-state index in [2.05, 4.69) is 37.8 Å². The predicted molar refractivity (Wildman–Crippen MR) is 59.4 cm³/mol. The first-order chi connectivity index (χ1) is 6.68. The predicted octanol–water partition coefficient (Wildman–Crippen LogP) is 1.96. The van der Waals surface area contributed by atoms with Gasteiger partial charge in [0.1, 0.15) is 0 Å². The minimum Gasteiger partial charge on any atom is -0.338 e. The zero-order valence-corrected chi connectivity index (χ0v) is 10.2. The standard InChI is InChI=1S/C9H15BrN4/c1-7-5-3-4-6-14(7)9-11-8(10)12-13(9)2/h7H,3-6H2,1-2H3/t7-/m0/s1. The highest BCUT2D eigenvalue weighted by molar-refractivity contribution is 9.10. The Hall–Kier alpha value is -0.580. The van der Waals surface area contributed by atoms with Crippen LogP contribution in [0.4, 0.5) is 5.95 Å². The summed E-state index contributed by atoms with van der Waals surface area (Å²) in [6.07, 6.45) is 3.84. The van der Waals surface area contributed by atoms with E-state index >= 15 is 0 Å². The van der Waals surface area contributed by atoms with Crippen LogP contribution in [0.1, 0.15) is 26.2 Å². The van der Waals surface area contributed by atoms with Crippen LogP contribution in [0.5, 0.6) is 0 Å². The van der Waals surface area contributed by atoms with Crippen molar-refractivity contribution in [2.75, 3.05) is 11.4 Å². The van der Waals surface area contributed by atoms with Crippen LogP contribution in [0.15, 0.2) is 4.73 Å². The Kier molecular flexibility index (Phi) is 2.76. The van der Waals surface area contributed by atoms with Gasteiger partial charge in [0.15, 0.2) is 0 Å². The van der Waals surface area contributed by atoms with Gasteiger partial charge >= 0.3 is 0 Å². The van der Waals surface area contributed by atoms with Crippen LogP contribution in [-0.2, 0) is 7.05 Å². The number of aryl methyl sites for hydroxylation is 1. The molecular formula is C9H15BrN4. The molecule has 1 saturated heterocycles. The average Bonchev–Trinajstić information content (AvgIpc) is 2.46. The Labute approximate surface area is 92.4 Å². The van der Waals surface area contributed by atoms with Gasteiger partial charge in [0.25, 0.3) is 0 Å². The molecule has 1 atom stereocenters. The Bertz CT molecular complexity index is 323. The van der Waals surface area contributed by atoms with Crippen molar-refractivity contribution in [1.29, 1.82) is 0 Å². The normalized spacial score (nSPS) is 22.8. The first-order valence-corrected chi connectivity index (χ1v) is 5.81. The van der Waals surface area contributed by atoms with Gasteiger partial charge in [-0.1, -0.05) is 0 Å². The average molecular weight is 259 g/mol. The summed E-state index contributed by atoms with van der Waals surface area (Å²) in [7, 11) is 1.94. The van der Waals surface area contributed by atoms with Gasteiger partial charge in [0.05, 0.1) is 0 Å². The maximum Gasteiger partial charge on any atom is 0.224 e. The van der Waals surface area contributed by atoms with Crippen LogP contribution in [0.25, 0.3) is 0 Å². The van der Waals surface area contributed by atoms with Crippen molar-refractivity contribution in [2.24, 2.45) is 7.05 Å². The van der Waals surface area contributed by atoms with Crippen LogP contribution in [0.3, 0.4) is 0 Å². The highest BCUT2D eigenvalue weighted by Gasteiger charge is 2.22. The molecule has 0 spiro atoms. The highest BCUT2D eigenvalue weighted by Crippen LogP contribution is 2.23. The summed E-state index contributed by atoms with van der Waals surface area (Å²) in [4.78, 5) is 6.71. The number of nitrogens with zero attached hydrogens (tertiary/aromatic N) is 4. The minimum atomic E-state index is 0.582. The van der Waals surface area contributed by atoms with Gasteiger partial charge in [-0.2, -0.15) is 4.98 Å². The lowest BCUT2D eigenvalue weighted by atomic mass is 10.0. The zero-order chi connectivity index (χ0) is 10.1. The molecule has 1 aromatic heterocycles. The van der Waals surface area contributed by atoms with Crippen molar-refractivity contribution < 1.29 is 0 Å². The van der Waals surface area contributed by atoms with Gasteiger partial charge in [-0.25, -0.2) is 4.68 Å². The fourth-order valence-electron chi connectivity index (χ4n) is 1.99. The molecule has 2 heterocycles. The second-order valence-electron chi connectivity index (χ2n) is 3.84. The minimum absolute atomic E-state index is 0.582. The number of anilines is 1. The Balaban J connectivity index is 2.24. The molecule has 0 aliphatic carbocycles. The van der Waals surface area contributed by atoms with Crippen LogP contribution in [-0.4, -0.2) is 27.4 Å². The molecule has 1 aromatic rings. The maximum atomic E-state index is 4.38. The molecule has 0 radical (unpaired) electrons. The van der Waals surface area contributed by atoms with Crippen molar-refractivity contribution in [3.8, 4) is 0 Å². The van der Waals surface area contributed by atoms with Gasteiger partial charge in [0.2, 0.25) is 10.7 Å². The van der Waals surface area contributed by atoms with E-state index in [4.69, 9.17) is 0 Å². The van der Waals surface area contributed by atoms with Crippen molar-refractivity contribution in [2.45, 2.75) is 32.2 Å². The lowest BCUT2D eigenvalue weighted by Gasteiger charge is -2.33. The molecule has 78 valence electrons. The molecule has 1 aliphatic heterocycles. The fraction of sp³-hybridized carbons (Fsp3) is 0.778. The van der Waals surface area contributed by atoms with E-state index in [-0.39, 0.29) is 0 Å².